The second-order valence-electron chi connectivity index (χ2n) is 7.33. The number of ketones is 1. The number of carbonyl (C=O) groups excluding carboxylic acids is 2. The van der Waals surface area contributed by atoms with Gasteiger partial charge in [-0.05, 0) is 62.2 Å². The second kappa shape index (κ2) is 8.31. The Bertz CT molecular complexity index is 996. The maximum absolute atomic E-state index is 13.0. The highest BCUT2D eigenvalue weighted by molar-refractivity contribution is 5.99. The summed E-state index contributed by atoms with van der Waals surface area (Å²) >= 11 is 0. The van der Waals surface area contributed by atoms with Gasteiger partial charge in [0, 0.05) is 30.3 Å². The first-order valence-corrected chi connectivity index (χ1v) is 9.78. The standard InChI is InChI=1S/C23H23N3O3/c1-16-14-21(25-24-16)23(28)26-13-5-6-18(15-26)22(27)17-9-11-20(12-10-17)29-19-7-3-2-4-8-19/h2-4,7-12,14,18H,5-6,13,15H2,1H3,(H,24,25). The number of H-pyrrole nitrogens is 1. The molecule has 2 heterocycles. The third-order valence-corrected chi connectivity index (χ3v) is 5.12. The molecule has 1 N–H and O–H groups in total. The second-order valence-corrected chi connectivity index (χ2v) is 7.33. The molecular weight excluding hydrogens is 366 g/mol. The summed E-state index contributed by atoms with van der Waals surface area (Å²) in [4.78, 5) is 27.4. The maximum Gasteiger partial charge on any atom is 0.274 e. The van der Waals surface area contributed by atoms with Gasteiger partial charge in [-0.15, -0.1) is 0 Å². The highest BCUT2D eigenvalue weighted by atomic mass is 16.5. The zero-order valence-corrected chi connectivity index (χ0v) is 16.3. The molecule has 0 bridgehead atoms. The summed E-state index contributed by atoms with van der Waals surface area (Å²) < 4.78 is 5.78. The van der Waals surface area contributed by atoms with E-state index in [1.807, 2.05) is 37.3 Å². The fourth-order valence-electron chi connectivity index (χ4n) is 3.61. The summed E-state index contributed by atoms with van der Waals surface area (Å²) in [7, 11) is 0. The van der Waals surface area contributed by atoms with Gasteiger partial charge in [0.1, 0.15) is 17.2 Å². The van der Waals surface area contributed by atoms with Gasteiger partial charge >= 0.3 is 0 Å². The Balaban J connectivity index is 1.41. The zero-order valence-electron chi connectivity index (χ0n) is 16.3. The Kier molecular flexibility index (Phi) is 5.42. The lowest BCUT2D eigenvalue weighted by atomic mass is 9.90. The quantitative estimate of drug-likeness (QED) is 0.662. The highest BCUT2D eigenvalue weighted by Gasteiger charge is 2.30. The largest absolute Gasteiger partial charge is 0.457 e. The van der Waals surface area contributed by atoms with Crippen LogP contribution in [0.2, 0.25) is 0 Å². The van der Waals surface area contributed by atoms with Gasteiger partial charge in [0.15, 0.2) is 5.78 Å². The van der Waals surface area contributed by atoms with Crippen LogP contribution in [0.3, 0.4) is 0 Å². The molecule has 4 rings (SSSR count). The maximum atomic E-state index is 13.0. The Morgan fingerprint density at radius 1 is 1.07 bits per heavy atom. The van der Waals surface area contributed by atoms with Gasteiger partial charge in [0.25, 0.3) is 5.91 Å². The van der Waals surface area contributed by atoms with Crippen molar-refractivity contribution in [3.8, 4) is 11.5 Å². The number of para-hydroxylation sites is 1. The summed E-state index contributed by atoms with van der Waals surface area (Å²) in [6.45, 7) is 2.93. The van der Waals surface area contributed by atoms with Crippen LogP contribution in [0.5, 0.6) is 11.5 Å². The number of aromatic nitrogens is 2. The van der Waals surface area contributed by atoms with E-state index in [1.165, 1.54) is 0 Å². The van der Waals surface area contributed by atoms with Crippen LogP contribution in [0, 0.1) is 12.8 Å². The van der Waals surface area contributed by atoms with E-state index < -0.39 is 0 Å². The van der Waals surface area contributed by atoms with E-state index in [2.05, 4.69) is 10.2 Å². The van der Waals surface area contributed by atoms with Crippen molar-refractivity contribution in [2.45, 2.75) is 19.8 Å². The Labute approximate surface area is 169 Å². The molecule has 1 aliphatic rings. The number of piperidine rings is 1. The molecule has 1 unspecified atom stereocenters. The van der Waals surface area contributed by atoms with Gasteiger partial charge in [0.05, 0.1) is 0 Å². The number of Topliss-reactive ketones (excluding diaryl/α,β-unsaturated/α-hetero) is 1. The molecule has 1 aromatic heterocycles. The van der Waals surface area contributed by atoms with Crippen molar-refractivity contribution in [2.24, 2.45) is 5.92 Å². The van der Waals surface area contributed by atoms with Crippen LogP contribution in [0.15, 0.2) is 60.7 Å². The number of rotatable bonds is 5. The molecule has 0 radical (unpaired) electrons. The minimum atomic E-state index is -0.200. The topological polar surface area (TPSA) is 75.3 Å². The average Bonchev–Trinajstić information content (AvgIpc) is 3.20. The van der Waals surface area contributed by atoms with E-state index in [0.29, 0.717) is 30.1 Å². The number of likely N-dealkylation sites (tertiary alicyclic amines) is 1. The number of nitrogens with zero attached hydrogens (tertiary/aromatic N) is 2. The van der Waals surface area contributed by atoms with Crippen LogP contribution in [0.25, 0.3) is 0 Å². The van der Waals surface area contributed by atoms with E-state index in [-0.39, 0.29) is 17.6 Å². The summed E-state index contributed by atoms with van der Waals surface area (Å²) in [6.07, 6.45) is 1.59. The minimum absolute atomic E-state index is 0.0620. The molecule has 0 aliphatic carbocycles. The number of hydrogen-bond acceptors (Lipinski definition) is 4. The van der Waals surface area contributed by atoms with Crippen molar-refractivity contribution in [3.05, 3.63) is 77.6 Å². The molecule has 1 atom stereocenters. The lowest BCUT2D eigenvalue weighted by Crippen LogP contribution is -2.42. The summed E-state index contributed by atoms with van der Waals surface area (Å²) in [6, 6.07) is 18.4. The lowest BCUT2D eigenvalue weighted by Gasteiger charge is -2.31. The van der Waals surface area contributed by atoms with Gasteiger partial charge in [-0.1, -0.05) is 18.2 Å². The van der Waals surface area contributed by atoms with Crippen molar-refractivity contribution in [3.63, 3.8) is 0 Å². The molecule has 1 amide bonds. The number of carbonyl (C=O) groups is 2. The Morgan fingerprint density at radius 2 is 1.79 bits per heavy atom. The lowest BCUT2D eigenvalue weighted by molar-refractivity contribution is 0.0632. The van der Waals surface area contributed by atoms with Crippen molar-refractivity contribution >= 4 is 11.7 Å². The van der Waals surface area contributed by atoms with Gasteiger partial charge in [0.2, 0.25) is 0 Å². The van der Waals surface area contributed by atoms with E-state index in [9.17, 15) is 9.59 Å². The molecule has 0 spiro atoms. The van der Waals surface area contributed by atoms with Crippen LogP contribution in [0.1, 0.15) is 39.4 Å². The van der Waals surface area contributed by atoms with Crippen molar-refractivity contribution in [2.75, 3.05) is 13.1 Å². The predicted molar refractivity (Wildman–Crippen MR) is 109 cm³/mol. The number of amides is 1. The van der Waals surface area contributed by atoms with Crippen molar-refractivity contribution in [1.82, 2.24) is 15.1 Å². The molecule has 2 aromatic carbocycles. The molecule has 1 aliphatic heterocycles. The fourth-order valence-corrected chi connectivity index (χ4v) is 3.61. The van der Waals surface area contributed by atoms with E-state index in [1.54, 1.807) is 35.2 Å². The minimum Gasteiger partial charge on any atom is -0.457 e. The van der Waals surface area contributed by atoms with Crippen LogP contribution in [-0.4, -0.2) is 39.9 Å². The first-order chi connectivity index (χ1) is 14.1. The highest BCUT2D eigenvalue weighted by Crippen LogP contribution is 2.25. The van der Waals surface area contributed by atoms with Crippen molar-refractivity contribution < 1.29 is 14.3 Å². The number of nitrogens with one attached hydrogen (secondary N) is 1. The van der Waals surface area contributed by atoms with Crippen LogP contribution in [-0.2, 0) is 0 Å². The smallest absolute Gasteiger partial charge is 0.274 e. The Morgan fingerprint density at radius 3 is 2.48 bits per heavy atom. The SMILES string of the molecule is Cc1cc(C(=O)N2CCCC(C(=O)c3ccc(Oc4ccccc4)cc3)C2)n[nH]1. The van der Waals surface area contributed by atoms with Crippen LogP contribution in [0.4, 0.5) is 0 Å². The van der Waals surface area contributed by atoms with Gasteiger partial charge in [-0.2, -0.15) is 5.10 Å². The number of hydrogen-bond donors (Lipinski definition) is 1. The molecule has 1 saturated heterocycles. The van der Waals surface area contributed by atoms with Gasteiger partial charge in [-0.25, -0.2) is 0 Å². The molecule has 3 aromatic rings. The molecule has 29 heavy (non-hydrogen) atoms. The number of benzene rings is 2. The zero-order chi connectivity index (χ0) is 20.2. The summed E-state index contributed by atoms with van der Waals surface area (Å²) in [5, 5.41) is 6.84. The average molecular weight is 389 g/mol. The molecular formula is C23H23N3O3. The van der Waals surface area contributed by atoms with Gasteiger partial charge in [-0.3, -0.25) is 14.7 Å². The monoisotopic (exact) mass is 389 g/mol. The molecule has 6 nitrogen and oxygen atoms in total. The summed E-state index contributed by atoms with van der Waals surface area (Å²) in [5.74, 6) is 1.17. The number of aryl methyl sites for hydroxylation is 1. The van der Waals surface area contributed by atoms with Crippen molar-refractivity contribution in [1.29, 1.82) is 0 Å². The number of aromatic amines is 1. The molecule has 6 heteroatoms. The summed E-state index contributed by atoms with van der Waals surface area (Å²) in [5.41, 5.74) is 1.88. The Hall–Kier alpha value is -3.41. The molecule has 1 fully saturated rings. The fraction of sp³-hybridized carbons (Fsp3) is 0.261. The normalized spacial score (nSPS) is 16.4. The first-order valence-electron chi connectivity index (χ1n) is 9.78. The third kappa shape index (κ3) is 4.37. The third-order valence-electron chi connectivity index (χ3n) is 5.12. The van der Waals surface area contributed by atoms with Crippen LogP contribution >= 0.6 is 0 Å². The van der Waals surface area contributed by atoms with E-state index >= 15 is 0 Å². The van der Waals surface area contributed by atoms with Gasteiger partial charge < -0.3 is 9.64 Å². The predicted octanol–water partition coefficient (Wildman–Crippen LogP) is 4.25. The van der Waals surface area contributed by atoms with E-state index in [4.69, 9.17) is 4.74 Å². The number of ether oxygens (including phenoxy) is 1. The van der Waals surface area contributed by atoms with Crippen LogP contribution < -0.4 is 4.74 Å². The first kappa shape index (κ1) is 18.9. The van der Waals surface area contributed by atoms with E-state index in [0.717, 1.165) is 24.3 Å². The molecule has 148 valence electrons. The molecule has 0 saturated carbocycles.